The van der Waals surface area contributed by atoms with Crippen LogP contribution in [0.3, 0.4) is 0 Å². The van der Waals surface area contributed by atoms with E-state index in [2.05, 4.69) is 28.3 Å². The maximum absolute atomic E-state index is 12.9. The molecule has 0 saturated carbocycles. The van der Waals surface area contributed by atoms with Gasteiger partial charge in [-0.1, -0.05) is 29.0 Å². The van der Waals surface area contributed by atoms with Crippen LogP contribution < -0.4 is 4.74 Å². The molecule has 0 unspecified atom stereocenters. The van der Waals surface area contributed by atoms with Crippen molar-refractivity contribution in [3.8, 4) is 11.4 Å². The number of aryl methyl sites for hydroxylation is 2. The Bertz CT molecular complexity index is 1190. The van der Waals surface area contributed by atoms with Gasteiger partial charge in [0.25, 0.3) is 5.91 Å². The van der Waals surface area contributed by atoms with E-state index in [9.17, 15) is 4.79 Å². The number of aromatic amines is 1. The number of methoxy groups -OCH3 is 1. The van der Waals surface area contributed by atoms with Crippen LogP contribution in [0.2, 0.25) is 0 Å². The van der Waals surface area contributed by atoms with Gasteiger partial charge < -0.3 is 14.6 Å². The zero-order valence-electron chi connectivity index (χ0n) is 16.9. The molecule has 0 saturated heterocycles. The highest BCUT2D eigenvalue weighted by atomic mass is 16.5. The number of hydrogen-bond acceptors (Lipinski definition) is 4. The standard InChI is InChI=1S/C22H23N5O2/c1-14-8-9-20(15(2)10-14)27-13-16(24-25-27)12-26(3)22(28)19-11-17-18(23-19)6-5-7-21(17)29-4/h5-11,13,23H,12H2,1-4H3. The van der Waals surface area contributed by atoms with Gasteiger partial charge in [-0.15, -0.1) is 5.10 Å². The first-order valence-corrected chi connectivity index (χ1v) is 9.36. The number of amides is 1. The Balaban J connectivity index is 1.53. The fraction of sp³-hybridized carbons (Fsp3) is 0.227. The number of benzene rings is 2. The van der Waals surface area contributed by atoms with Gasteiger partial charge in [-0.05, 0) is 43.7 Å². The maximum Gasteiger partial charge on any atom is 0.270 e. The predicted molar refractivity (Wildman–Crippen MR) is 111 cm³/mol. The Kier molecular flexibility index (Phi) is 4.80. The van der Waals surface area contributed by atoms with Gasteiger partial charge in [-0.3, -0.25) is 4.79 Å². The number of carbonyl (C=O) groups is 1. The largest absolute Gasteiger partial charge is 0.496 e. The van der Waals surface area contributed by atoms with Crippen LogP contribution in [-0.4, -0.2) is 44.9 Å². The number of hydrogen-bond donors (Lipinski definition) is 1. The van der Waals surface area contributed by atoms with E-state index in [0.717, 1.165) is 33.6 Å². The lowest BCUT2D eigenvalue weighted by atomic mass is 10.1. The van der Waals surface area contributed by atoms with E-state index in [0.29, 0.717) is 12.2 Å². The number of carbonyl (C=O) groups excluding carboxylic acids is 1. The van der Waals surface area contributed by atoms with Crippen molar-refractivity contribution in [3.63, 3.8) is 0 Å². The molecular formula is C22H23N5O2. The van der Waals surface area contributed by atoms with E-state index >= 15 is 0 Å². The molecule has 0 aliphatic carbocycles. The van der Waals surface area contributed by atoms with Crippen LogP contribution in [0, 0.1) is 13.8 Å². The first-order chi connectivity index (χ1) is 14.0. The zero-order chi connectivity index (χ0) is 20.5. The summed E-state index contributed by atoms with van der Waals surface area (Å²) in [6, 6.07) is 13.7. The van der Waals surface area contributed by atoms with Crippen LogP contribution in [0.1, 0.15) is 27.3 Å². The quantitative estimate of drug-likeness (QED) is 0.565. The number of ether oxygens (including phenoxy) is 1. The lowest BCUT2D eigenvalue weighted by molar-refractivity contribution is 0.0778. The zero-order valence-corrected chi connectivity index (χ0v) is 16.9. The van der Waals surface area contributed by atoms with Gasteiger partial charge in [-0.2, -0.15) is 0 Å². The monoisotopic (exact) mass is 389 g/mol. The van der Waals surface area contributed by atoms with Crippen molar-refractivity contribution in [1.29, 1.82) is 0 Å². The number of fused-ring (bicyclic) bond motifs is 1. The van der Waals surface area contributed by atoms with Crippen molar-refractivity contribution in [3.05, 3.63) is 71.2 Å². The van der Waals surface area contributed by atoms with Gasteiger partial charge in [0.1, 0.15) is 17.1 Å². The van der Waals surface area contributed by atoms with Crippen molar-refractivity contribution >= 4 is 16.8 Å². The molecule has 4 rings (SSSR count). The summed E-state index contributed by atoms with van der Waals surface area (Å²) in [6.07, 6.45) is 1.86. The van der Waals surface area contributed by atoms with E-state index in [4.69, 9.17) is 4.74 Å². The molecule has 0 fully saturated rings. The normalized spacial score (nSPS) is 11.0. The summed E-state index contributed by atoms with van der Waals surface area (Å²) in [6.45, 7) is 4.46. The highest BCUT2D eigenvalue weighted by Gasteiger charge is 2.17. The van der Waals surface area contributed by atoms with Crippen molar-refractivity contribution in [2.24, 2.45) is 0 Å². The first kappa shape index (κ1) is 18.7. The molecule has 1 N–H and O–H groups in total. The van der Waals surface area contributed by atoms with Gasteiger partial charge in [0.2, 0.25) is 0 Å². The van der Waals surface area contributed by atoms with Crippen LogP contribution in [0.25, 0.3) is 16.6 Å². The highest BCUT2D eigenvalue weighted by Crippen LogP contribution is 2.26. The van der Waals surface area contributed by atoms with Gasteiger partial charge in [0.05, 0.1) is 25.5 Å². The molecule has 4 aromatic rings. The molecule has 0 atom stereocenters. The summed E-state index contributed by atoms with van der Waals surface area (Å²) in [5.74, 6) is 0.612. The van der Waals surface area contributed by atoms with Crippen molar-refractivity contribution in [2.45, 2.75) is 20.4 Å². The summed E-state index contributed by atoms with van der Waals surface area (Å²) in [7, 11) is 3.37. The Morgan fingerprint density at radius 3 is 2.79 bits per heavy atom. The van der Waals surface area contributed by atoms with Gasteiger partial charge in [0.15, 0.2) is 0 Å². The van der Waals surface area contributed by atoms with Gasteiger partial charge in [0, 0.05) is 18.0 Å². The molecule has 2 aromatic carbocycles. The lowest BCUT2D eigenvalue weighted by Crippen LogP contribution is -2.26. The molecule has 0 bridgehead atoms. The molecule has 7 nitrogen and oxygen atoms in total. The van der Waals surface area contributed by atoms with Crippen molar-refractivity contribution < 1.29 is 9.53 Å². The molecule has 7 heteroatoms. The van der Waals surface area contributed by atoms with Crippen LogP contribution >= 0.6 is 0 Å². The SMILES string of the molecule is COc1cccc2[nH]c(C(=O)N(C)Cc3cn(-c4ccc(C)cc4C)nn3)cc12. The summed E-state index contributed by atoms with van der Waals surface area (Å²) >= 11 is 0. The summed E-state index contributed by atoms with van der Waals surface area (Å²) < 4.78 is 7.12. The van der Waals surface area contributed by atoms with E-state index in [1.54, 1.807) is 23.7 Å². The van der Waals surface area contributed by atoms with E-state index < -0.39 is 0 Å². The molecule has 0 radical (unpaired) electrons. The van der Waals surface area contributed by atoms with E-state index in [-0.39, 0.29) is 5.91 Å². The second-order valence-corrected chi connectivity index (χ2v) is 7.21. The minimum absolute atomic E-state index is 0.121. The summed E-state index contributed by atoms with van der Waals surface area (Å²) in [4.78, 5) is 17.7. The second kappa shape index (κ2) is 7.43. The molecule has 1 amide bonds. The Morgan fingerprint density at radius 1 is 1.21 bits per heavy atom. The van der Waals surface area contributed by atoms with E-state index in [1.807, 2.05) is 49.5 Å². The average Bonchev–Trinajstić information content (AvgIpc) is 3.34. The predicted octanol–water partition coefficient (Wildman–Crippen LogP) is 3.65. The van der Waals surface area contributed by atoms with Crippen LogP contribution in [0.15, 0.2) is 48.7 Å². The molecule has 0 spiro atoms. The van der Waals surface area contributed by atoms with Crippen LogP contribution in [0.4, 0.5) is 0 Å². The third-order valence-corrected chi connectivity index (χ3v) is 4.96. The number of aromatic nitrogens is 4. The molecule has 0 aliphatic heterocycles. The number of nitrogens with one attached hydrogen (secondary N) is 1. The fourth-order valence-corrected chi connectivity index (χ4v) is 3.49. The number of H-pyrrole nitrogens is 1. The topological polar surface area (TPSA) is 76.0 Å². The van der Waals surface area contributed by atoms with Gasteiger partial charge in [-0.25, -0.2) is 4.68 Å². The third kappa shape index (κ3) is 3.59. The Morgan fingerprint density at radius 2 is 2.03 bits per heavy atom. The summed E-state index contributed by atoms with van der Waals surface area (Å²) in [5, 5.41) is 9.34. The smallest absolute Gasteiger partial charge is 0.270 e. The highest BCUT2D eigenvalue weighted by molar-refractivity contribution is 5.99. The summed E-state index contributed by atoms with van der Waals surface area (Å²) in [5.41, 5.74) is 5.39. The molecule has 0 aliphatic rings. The van der Waals surface area contributed by atoms with Crippen LogP contribution in [0.5, 0.6) is 5.75 Å². The Hall–Kier alpha value is -3.61. The lowest BCUT2D eigenvalue weighted by Gasteiger charge is -2.14. The molecule has 2 aromatic heterocycles. The number of rotatable bonds is 5. The van der Waals surface area contributed by atoms with E-state index in [1.165, 1.54) is 5.56 Å². The first-order valence-electron chi connectivity index (χ1n) is 9.36. The number of nitrogens with zero attached hydrogens (tertiary/aromatic N) is 4. The fourth-order valence-electron chi connectivity index (χ4n) is 3.49. The molecule has 148 valence electrons. The van der Waals surface area contributed by atoms with Gasteiger partial charge >= 0.3 is 0 Å². The molecule has 29 heavy (non-hydrogen) atoms. The third-order valence-electron chi connectivity index (χ3n) is 4.96. The second-order valence-electron chi connectivity index (χ2n) is 7.21. The molecular weight excluding hydrogens is 366 g/mol. The average molecular weight is 389 g/mol. The van der Waals surface area contributed by atoms with Crippen molar-refractivity contribution in [1.82, 2.24) is 24.9 Å². The molecule has 2 heterocycles. The van der Waals surface area contributed by atoms with Crippen LogP contribution in [-0.2, 0) is 6.54 Å². The maximum atomic E-state index is 12.9. The minimum Gasteiger partial charge on any atom is -0.496 e. The minimum atomic E-state index is -0.121. The van der Waals surface area contributed by atoms with Crippen molar-refractivity contribution in [2.75, 3.05) is 14.2 Å². The Labute approximate surface area is 168 Å².